The lowest BCUT2D eigenvalue weighted by molar-refractivity contribution is -0.141. The fraction of sp³-hybridized carbons (Fsp3) is 0.615. The minimum absolute atomic E-state index is 0.0970. The quantitative estimate of drug-likeness (QED) is 0.840. The molecule has 0 aliphatic heterocycles. The molecule has 1 aromatic rings. The van der Waals surface area contributed by atoms with Crippen LogP contribution in [0.15, 0.2) is 12.1 Å². The molecule has 1 aromatic heterocycles. The molecule has 2 nitrogen and oxygen atoms in total. The van der Waals surface area contributed by atoms with Gasteiger partial charge in [0.25, 0.3) is 0 Å². The third kappa shape index (κ3) is 2.46. The SMILES string of the molecule is OC(c1ccc(C(F)(F)F)nc1Cl)C1CC2CC2C1. The van der Waals surface area contributed by atoms with E-state index >= 15 is 0 Å². The van der Waals surface area contributed by atoms with Crippen LogP contribution in [0, 0.1) is 17.8 Å². The summed E-state index contributed by atoms with van der Waals surface area (Å²) in [5.41, 5.74) is -0.719. The third-order valence-corrected chi connectivity index (χ3v) is 4.52. The monoisotopic (exact) mass is 291 g/mol. The van der Waals surface area contributed by atoms with Crippen molar-refractivity contribution in [1.29, 1.82) is 0 Å². The van der Waals surface area contributed by atoms with E-state index in [0.29, 0.717) is 17.4 Å². The van der Waals surface area contributed by atoms with Crippen LogP contribution in [-0.4, -0.2) is 10.1 Å². The molecule has 1 N–H and O–H groups in total. The highest BCUT2D eigenvalue weighted by Crippen LogP contribution is 2.57. The Morgan fingerprint density at radius 2 is 1.84 bits per heavy atom. The van der Waals surface area contributed by atoms with Gasteiger partial charge in [-0.15, -0.1) is 0 Å². The number of hydrogen-bond donors (Lipinski definition) is 1. The van der Waals surface area contributed by atoms with Gasteiger partial charge in [0, 0.05) is 5.56 Å². The van der Waals surface area contributed by atoms with Gasteiger partial charge in [0.1, 0.15) is 10.8 Å². The van der Waals surface area contributed by atoms with Crippen LogP contribution < -0.4 is 0 Å². The lowest BCUT2D eigenvalue weighted by atomic mass is 9.92. The number of aromatic nitrogens is 1. The Labute approximate surface area is 113 Å². The van der Waals surface area contributed by atoms with Crippen molar-refractivity contribution in [2.75, 3.05) is 0 Å². The minimum atomic E-state index is -4.51. The molecule has 6 heteroatoms. The van der Waals surface area contributed by atoms with Gasteiger partial charge in [-0.1, -0.05) is 17.7 Å². The van der Waals surface area contributed by atoms with E-state index in [9.17, 15) is 18.3 Å². The fourth-order valence-electron chi connectivity index (χ4n) is 3.10. The number of fused-ring (bicyclic) bond motifs is 1. The van der Waals surface area contributed by atoms with Gasteiger partial charge in [0.2, 0.25) is 0 Å². The fourth-order valence-corrected chi connectivity index (χ4v) is 3.36. The molecular weight excluding hydrogens is 279 g/mol. The molecule has 19 heavy (non-hydrogen) atoms. The van der Waals surface area contributed by atoms with E-state index in [-0.39, 0.29) is 11.1 Å². The molecule has 0 aromatic carbocycles. The van der Waals surface area contributed by atoms with E-state index in [4.69, 9.17) is 11.6 Å². The number of pyridine rings is 1. The van der Waals surface area contributed by atoms with Gasteiger partial charge in [-0.05, 0) is 43.1 Å². The van der Waals surface area contributed by atoms with Gasteiger partial charge >= 0.3 is 6.18 Å². The average molecular weight is 292 g/mol. The first-order valence-corrected chi connectivity index (χ1v) is 6.65. The summed E-state index contributed by atoms with van der Waals surface area (Å²) in [7, 11) is 0. The predicted octanol–water partition coefficient (Wildman–Crippen LogP) is 3.83. The van der Waals surface area contributed by atoms with Crippen molar-refractivity contribution in [3.05, 3.63) is 28.5 Å². The minimum Gasteiger partial charge on any atom is -0.388 e. The van der Waals surface area contributed by atoms with Crippen molar-refractivity contribution < 1.29 is 18.3 Å². The topological polar surface area (TPSA) is 33.1 Å². The second-order valence-electron chi connectivity index (χ2n) is 5.51. The van der Waals surface area contributed by atoms with Crippen molar-refractivity contribution in [3.8, 4) is 0 Å². The average Bonchev–Trinajstić information content (AvgIpc) is 2.94. The molecule has 0 bridgehead atoms. The zero-order chi connectivity index (χ0) is 13.8. The number of halogens is 4. The highest BCUT2D eigenvalue weighted by molar-refractivity contribution is 6.30. The van der Waals surface area contributed by atoms with Gasteiger partial charge in [-0.25, -0.2) is 4.98 Å². The Hall–Kier alpha value is -0.810. The van der Waals surface area contributed by atoms with Gasteiger partial charge in [0.05, 0.1) is 6.10 Å². The maximum absolute atomic E-state index is 12.5. The molecule has 0 amide bonds. The second kappa shape index (κ2) is 4.35. The van der Waals surface area contributed by atoms with Crippen LogP contribution >= 0.6 is 11.6 Å². The van der Waals surface area contributed by atoms with Crippen LogP contribution in [0.1, 0.15) is 36.6 Å². The molecule has 3 atom stereocenters. The molecule has 0 saturated heterocycles. The van der Waals surface area contributed by atoms with Gasteiger partial charge in [-0.2, -0.15) is 13.2 Å². The molecule has 0 spiro atoms. The van der Waals surface area contributed by atoms with Crippen molar-refractivity contribution in [2.45, 2.75) is 31.5 Å². The third-order valence-electron chi connectivity index (χ3n) is 4.21. The lowest BCUT2D eigenvalue weighted by Gasteiger charge is -2.21. The summed E-state index contributed by atoms with van der Waals surface area (Å²) in [6, 6.07) is 2.12. The van der Waals surface area contributed by atoms with Crippen LogP contribution in [0.25, 0.3) is 0 Å². The Bertz CT molecular complexity index is 495. The largest absolute Gasteiger partial charge is 0.433 e. The molecular formula is C13H13ClF3NO. The summed E-state index contributed by atoms with van der Waals surface area (Å²) in [6.07, 6.45) is -2.23. The summed E-state index contributed by atoms with van der Waals surface area (Å²) in [6.45, 7) is 0. The number of aliphatic hydroxyl groups excluding tert-OH is 1. The highest BCUT2D eigenvalue weighted by atomic mass is 35.5. The van der Waals surface area contributed by atoms with E-state index in [1.807, 2.05) is 0 Å². The summed E-state index contributed by atoms with van der Waals surface area (Å²) < 4.78 is 37.4. The molecule has 3 unspecified atom stereocenters. The normalized spacial score (nSPS) is 31.1. The van der Waals surface area contributed by atoms with E-state index in [0.717, 1.165) is 18.9 Å². The second-order valence-corrected chi connectivity index (χ2v) is 5.86. The van der Waals surface area contributed by atoms with Gasteiger partial charge < -0.3 is 5.11 Å². The van der Waals surface area contributed by atoms with Crippen LogP contribution in [0.5, 0.6) is 0 Å². The van der Waals surface area contributed by atoms with Crippen LogP contribution in [0.2, 0.25) is 5.15 Å². The Balaban J connectivity index is 1.80. The van der Waals surface area contributed by atoms with Crippen molar-refractivity contribution in [2.24, 2.45) is 17.8 Å². The van der Waals surface area contributed by atoms with Crippen molar-refractivity contribution in [1.82, 2.24) is 4.98 Å². The summed E-state index contributed by atoms with van der Waals surface area (Å²) in [5, 5.41) is 9.98. The van der Waals surface area contributed by atoms with E-state index in [2.05, 4.69) is 4.98 Å². The van der Waals surface area contributed by atoms with Gasteiger partial charge in [0.15, 0.2) is 0 Å². The summed E-state index contributed by atoms with van der Waals surface area (Å²) in [5.74, 6) is 1.49. The Morgan fingerprint density at radius 1 is 1.21 bits per heavy atom. The van der Waals surface area contributed by atoms with E-state index < -0.39 is 18.0 Å². The lowest BCUT2D eigenvalue weighted by Crippen LogP contribution is -2.14. The van der Waals surface area contributed by atoms with Gasteiger partial charge in [-0.3, -0.25) is 0 Å². The highest BCUT2D eigenvalue weighted by Gasteiger charge is 2.48. The van der Waals surface area contributed by atoms with Crippen LogP contribution in [0.4, 0.5) is 13.2 Å². The number of hydrogen-bond acceptors (Lipinski definition) is 2. The molecule has 3 rings (SSSR count). The zero-order valence-electron chi connectivity index (χ0n) is 9.99. The first-order chi connectivity index (χ1) is 8.86. The molecule has 104 valence electrons. The molecule has 2 fully saturated rings. The van der Waals surface area contributed by atoms with Crippen LogP contribution in [0.3, 0.4) is 0 Å². The Kier molecular flexibility index (Phi) is 3.02. The zero-order valence-corrected chi connectivity index (χ0v) is 10.7. The van der Waals surface area contributed by atoms with E-state index in [1.54, 1.807) is 0 Å². The molecule has 2 aliphatic rings. The van der Waals surface area contributed by atoms with Crippen molar-refractivity contribution >= 4 is 11.6 Å². The smallest absolute Gasteiger partial charge is 0.388 e. The number of nitrogens with zero attached hydrogens (tertiary/aromatic N) is 1. The number of rotatable bonds is 2. The molecule has 0 radical (unpaired) electrons. The summed E-state index contributed by atoms with van der Waals surface area (Å²) >= 11 is 5.79. The molecule has 2 aliphatic carbocycles. The first kappa shape index (κ1) is 13.2. The summed E-state index contributed by atoms with van der Waals surface area (Å²) in [4.78, 5) is 3.35. The van der Waals surface area contributed by atoms with Crippen LogP contribution in [-0.2, 0) is 6.18 Å². The predicted molar refractivity (Wildman–Crippen MR) is 63.5 cm³/mol. The maximum Gasteiger partial charge on any atom is 0.433 e. The van der Waals surface area contributed by atoms with E-state index in [1.165, 1.54) is 12.5 Å². The number of alkyl halides is 3. The maximum atomic E-state index is 12.5. The molecule has 1 heterocycles. The first-order valence-electron chi connectivity index (χ1n) is 6.28. The Morgan fingerprint density at radius 3 is 2.37 bits per heavy atom. The molecule has 2 saturated carbocycles. The number of aliphatic hydroxyl groups is 1. The standard InChI is InChI=1S/C13H13ClF3NO/c14-12-9(1-2-10(18-12)13(15,16)17)11(19)8-4-6-3-7(6)5-8/h1-2,6-8,11,19H,3-5H2. The van der Waals surface area contributed by atoms with Crippen molar-refractivity contribution in [3.63, 3.8) is 0 Å².